The van der Waals surface area contributed by atoms with Crippen molar-refractivity contribution >= 4 is 35.6 Å². The van der Waals surface area contributed by atoms with Crippen LogP contribution in [0.3, 0.4) is 0 Å². The Morgan fingerprint density at radius 2 is 1.59 bits per heavy atom. The van der Waals surface area contributed by atoms with Gasteiger partial charge in [0.1, 0.15) is 12.1 Å². The number of nitrogens with two attached hydrogens (primary N) is 1. The van der Waals surface area contributed by atoms with Gasteiger partial charge in [0.05, 0.1) is 28.4 Å². The number of carbonyl (C=O) groups excluding carboxylic acids is 3. The molecule has 0 radical (unpaired) electrons. The van der Waals surface area contributed by atoms with Gasteiger partial charge in [0.2, 0.25) is 11.5 Å². The van der Waals surface area contributed by atoms with E-state index in [2.05, 4.69) is 5.32 Å². The lowest BCUT2D eigenvalue weighted by molar-refractivity contribution is -0.142. The van der Waals surface area contributed by atoms with Gasteiger partial charge in [-0.15, -0.1) is 12.4 Å². The molecule has 0 spiro atoms. The molecule has 3 aromatic rings. The number of esters is 1. The zero-order valence-corrected chi connectivity index (χ0v) is 29.1. The SMILES string of the molecule is COc1ccc(C2=CC(=O)COc3c2cc(OC)c(OC)c3OC)cc1OC(=O)C(CC(C)C)NC(=O)C(O)C(N)Cc1ccccc1.Cl. The average molecular weight is 699 g/mol. The Kier molecular flexibility index (Phi) is 13.9. The van der Waals surface area contributed by atoms with Crippen LogP contribution in [0.1, 0.15) is 37.0 Å². The van der Waals surface area contributed by atoms with Crippen molar-refractivity contribution in [1.29, 1.82) is 0 Å². The number of fused-ring (bicyclic) bond motifs is 1. The van der Waals surface area contributed by atoms with Crippen molar-refractivity contribution in [1.82, 2.24) is 5.32 Å². The molecule has 264 valence electrons. The van der Waals surface area contributed by atoms with E-state index in [1.54, 1.807) is 24.3 Å². The van der Waals surface area contributed by atoms with Crippen LogP contribution in [0.4, 0.5) is 0 Å². The normalized spacial score (nSPS) is 14.1. The number of methoxy groups -OCH3 is 4. The highest BCUT2D eigenvalue weighted by Crippen LogP contribution is 2.50. The lowest BCUT2D eigenvalue weighted by atomic mass is 9.95. The highest BCUT2D eigenvalue weighted by atomic mass is 35.5. The zero-order valence-electron chi connectivity index (χ0n) is 28.3. The summed E-state index contributed by atoms with van der Waals surface area (Å²) in [6, 6.07) is 13.7. The predicted molar refractivity (Wildman–Crippen MR) is 185 cm³/mol. The number of nitrogens with one attached hydrogen (secondary N) is 1. The summed E-state index contributed by atoms with van der Waals surface area (Å²) in [5.74, 6) is -0.499. The van der Waals surface area contributed by atoms with Gasteiger partial charge < -0.3 is 44.6 Å². The van der Waals surface area contributed by atoms with Crippen LogP contribution in [0.5, 0.6) is 34.5 Å². The van der Waals surface area contributed by atoms with Gasteiger partial charge in [-0.2, -0.15) is 0 Å². The van der Waals surface area contributed by atoms with E-state index in [0.717, 1.165) is 5.56 Å². The molecule has 0 saturated heterocycles. The number of hydrogen-bond acceptors (Lipinski definition) is 11. The molecule has 1 aliphatic rings. The van der Waals surface area contributed by atoms with Gasteiger partial charge in [-0.1, -0.05) is 50.2 Å². The van der Waals surface area contributed by atoms with Crippen molar-refractivity contribution in [2.45, 2.75) is 44.9 Å². The summed E-state index contributed by atoms with van der Waals surface area (Å²) < 4.78 is 33.8. The minimum absolute atomic E-state index is 0. The van der Waals surface area contributed by atoms with Crippen molar-refractivity contribution in [3.05, 3.63) is 77.4 Å². The molecular formula is C36H43ClN2O10. The first kappa shape index (κ1) is 38.7. The van der Waals surface area contributed by atoms with Crippen molar-refractivity contribution in [3.63, 3.8) is 0 Å². The van der Waals surface area contributed by atoms with Crippen molar-refractivity contribution in [3.8, 4) is 34.5 Å². The van der Waals surface area contributed by atoms with E-state index >= 15 is 0 Å². The zero-order chi connectivity index (χ0) is 35.0. The maximum absolute atomic E-state index is 13.6. The number of hydrogen-bond donors (Lipinski definition) is 3. The molecule has 0 aliphatic carbocycles. The van der Waals surface area contributed by atoms with Gasteiger partial charge in [-0.25, -0.2) is 4.79 Å². The first-order valence-electron chi connectivity index (χ1n) is 15.4. The molecule has 4 N–H and O–H groups in total. The molecule has 1 aliphatic heterocycles. The third kappa shape index (κ3) is 9.23. The van der Waals surface area contributed by atoms with E-state index in [1.807, 2.05) is 44.2 Å². The van der Waals surface area contributed by atoms with Gasteiger partial charge >= 0.3 is 5.97 Å². The largest absolute Gasteiger partial charge is 0.493 e. The molecule has 1 heterocycles. The van der Waals surface area contributed by atoms with Crippen molar-refractivity contribution in [2.24, 2.45) is 11.7 Å². The Morgan fingerprint density at radius 3 is 2.20 bits per heavy atom. The number of benzene rings is 3. The third-order valence-corrected chi connectivity index (χ3v) is 7.72. The quantitative estimate of drug-likeness (QED) is 0.165. The fourth-order valence-corrected chi connectivity index (χ4v) is 5.37. The second kappa shape index (κ2) is 17.6. The Hall–Kier alpha value is -4.78. The van der Waals surface area contributed by atoms with Crippen LogP contribution in [-0.4, -0.2) is 76.0 Å². The third-order valence-electron chi connectivity index (χ3n) is 7.72. The molecule has 3 aromatic carbocycles. The van der Waals surface area contributed by atoms with E-state index in [1.165, 1.54) is 34.5 Å². The number of carbonyl (C=O) groups is 3. The molecule has 1 amide bonds. The van der Waals surface area contributed by atoms with Gasteiger partial charge in [0.15, 0.2) is 35.4 Å². The number of ketones is 1. The van der Waals surface area contributed by atoms with Gasteiger partial charge in [-0.3, -0.25) is 9.59 Å². The minimum Gasteiger partial charge on any atom is -0.493 e. The fourth-order valence-electron chi connectivity index (χ4n) is 5.37. The molecule has 4 rings (SSSR count). The summed E-state index contributed by atoms with van der Waals surface area (Å²) >= 11 is 0. The monoisotopic (exact) mass is 698 g/mol. The fraction of sp³-hybridized carbons (Fsp3) is 0.361. The van der Waals surface area contributed by atoms with Crippen LogP contribution in [0.2, 0.25) is 0 Å². The summed E-state index contributed by atoms with van der Waals surface area (Å²) in [6.07, 6.45) is 0.335. The molecule has 3 atom stereocenters. The van der Waals surface area contributed by atoms with E-state index in [4.69, 9.17) is 34.2 Å². The number of ether oxygens (including phenoxy) is 6. The number of halogens is 1. The lowest BCUT2D eigenvalue weighted by Crippen LogP contribution is -2.53. The smallest absolute Gasteiger partial charge is 0.334 e. The molecule has 0 fully saturated rings. The van der Waals surface area contributed by atoms with E-state index in [9.17, 15) is 19.5 Å². The van der Waals surface area contributed by atoms with Gasteiger partial charge in [-0.05, 0) is 59.7 Å². The molecule has 13 heteroatoms. The second-order valence-electron chi connectivity index (χ2n) is 11.6. The summed E-state index contributed by atoms with van der Waals surface area (Å²) in [4.78, 5) is 39.6. The second-order valence-corrected chi connectivity index (χ2v) is 11.6. The Bertz CT molecular complexity index is 1660. The number of aliphatic hydroxyl groups is 1. The average Bonchev–Trinajstić information content (AvgIpc) is 3.24. The number of amides is 1. The van der Waals surface area contributed by atoms with Crippen molar-refractivity contribution < 1.29 is 47.9 Å². The van der Waals surface area contributed by atoms with Gasteiger partial charge in [0, 0.05) is 11.6 Å². The topological polar surface area (TPSA) is 165 Å². The first-order valence-corrected chi connectivity index (χ1v) is 15.4. The standard InChI is InChI=1S/C36H42N2O10.ClH/c1-20(2)14-27(38-35(41)31(40)26(37)15-21-10-8-7-9-11-21)36(42)48-29-16-22(12-13-28(29)43-3)24-17-23(39)19-47-32-25(24)18-30(44-4)33(45-5)34(32)46-6;/h7-13,16-18,20,26-27,31,40H,14-15,19,37H2,1-6H3,(H,38,41);1H. The molecule has 3 unspecified atom stereocenters. The highest BCUT2D eigenvalue weighted by Gasteiger charge is 2.31. The molecule has 49 heavy (non-hydrogen) atoms. The Labute approximate surface area is 291 Å². The molecule has 0 saturated carbocycles. The first-order chi connectivity index (χ1) is 23.0. The highest BCUT2D eigenvalue weighted by molar-refractivity contribution is 6.04. The maximum atomic E-state index is 13.6. The number of rotatable bonds is 14. The van der Waals surface area contributed by atoms with Crippen molar-refractivity contribution in [2.75, 3.05) is 35.0 Å². The van der Waals surface area contributed by atoms with E-state index < -0.39 is 30.1 Å². The molecular weight excluding hydrogens is 656 g/mol. The van der Waals surface area contributed by atoms with Crippen LogP contribution in [-0.2, 0) is 20.8 Å². The van der Waals surface area contributed by atoms with Crippen LogP contribution < -0.4 is 39.5 Å². The van der Waals surface area contributed by atoms with E-state index in [-0.39, 0.29) is 66.6 Å². The Balaban J connectivity index is 0.00000650. The van der Waals surface area contributed by atoms with Crippen LogP contribution in [0.15, 0.2) is 60.7 Å². The summed E-state index contributed by atoms with van der Waals surface area (Å²) in [7, 11) is 5.81. The summed E-state index contributed by atoms with van der Waals surface area (Å²) in [6.45, 7) is 3.52. The molecule has 0 aromatic heterocycles. The van der Waals surface area contributed by atoms with Gasteiger partial charge in [0.25, 0.3) is 5.91 Å². The summed E-state index contributed by atoms with van der Waals surface area (Å²) in [5, 5.41) is 13.3. The van der Waals surface area contributed by atoms with Crippen LogP contribution in [0.25, 0.3) is 5.57 Å². The lowest BCUT2D eigenvalue weighted by Gasteiger charge is -2.24. The van der Waals surface area contributed by atoms with Crippen LogP contribution in [0, 0.1) is 5.92 Å². The van der Waals surface area contributed by atoms with Crippen LogP contribution >= 0.6 is 12.4 Å². The maximum Gasteiger partial charge on any atom is 0.334 e. The molecule has 0 bridgehead atoms. The summed E-state index contributed by atoms with van der Waals surface area (Å²) in [5.41, 5.74) is 8.41. The number of aliphatic hydroxyl groups excluding tert-OH is 1. The minimum atomic E-state index is -1.57. The molecule has 12 nitrogen and oxygen atoms in total. The predicted octanol–water partition coefficient (Wildman–Crippen LogP) is 3.90. The Morgan fingerprint density at radius 1 is 0.918 bits per heavy atom. The van der Waals surface area contributed by atoms with E-state index in [0.29, 0.717) is 28.2 Å².